The van der Waals surface area contributed by atoms with Crippen molar-refractivity contribution in [1.29, 1.82) is 0 Å². The molecule has 0 aromatic rings. The molecule has 1 unspecified atom stereocenters. The summed E-state index contributed by atoms with van der Waals surface area (Å²) in [6, 6.07) is 0. The summed E-state index contributed by atoms with van der Waals surface area (Å²) in [6.45, 7) is 4.98. The van der Waals surface area contributed by atoms with Gasteiger partial charge in [0.1, 0.15) is 0 Å². The Morgan fingerprint density at radius 1 is 1.40 bits per heavy atom. The van der Waals surface area contributed by atoms with Gasteiger partial charge in [-0.2, -0.15) is 13.2 Å². The molecule has 0 spiro atoms. The summed E-state index contributed by atoms with van der Waals surface area (Å²) in [7, 11) is -1.60. The Balaban J connectivity index is 4.17. The smallest absolute Gasteiger partial charge is 0.404 e. The molecule has 0 heterocycles. The highest BCUT2D eigenvalue weighted by molar-refractivity contribution is 6.76. The van der Waals surface area contributed by atoms with Crippen LogP contribution >= 0.6 is 0 Å². The van der Waals surface area contributed by atoms with E-state index in [0.29, 0.717) is 0 Å². The number of carbonyl (C=O) groups is 1. The van der Waals surface area contributed by atoms with Crippen molar-refractivity contribution in [2.45, 2.75) is 25.8 Å². The van der Waals surface area contributed by atoms with Crippen LogP contribution in [0.4, 0.5) is 13.2 Å². The minimum atomic E-state index is -4.74. The lowest BCUT2D eigenvalue weighted by Gasteiger charge is -2.20. The van der Waals surface area contributed by atoms with Gasteiger partial charge < -0.3 is 9.84 Å². The molecule has 0 amide bonds. The van der Waals surface area contributed by atoms with E-state index < -0.39 is 32.7 Å². The Labute approximate surface area is 87.2 Å². The average molecular weight is 244 g/mol. The normalized spacial score (nSPS) is 15.1. The van der Waals surface area contributed by atoms with Crippen LogP contribution in [0.15, 0.2) is 0 Å². The molecule has 1 atom stereocenters. The maximum absolute atomic E-state index is 12.1. The third-order valence-electron chi connectivity index (χ3n) is 1.51. The van der Waals surface area contributed by atoms with Crippen molar-refractivity contribution in [2.24, 2.45) is 5.92 Å². The van der Waals surface area contributed by atoms with Gasteiger partial charge in [-0.1, -0.05) is 19.6 Å². The number of rotatable bonds is 5. The lowest BCUT2D eigenvalue weighted by Crippen LogP contribution is -2.37. The number of aliphatic carboxylic acids is 1. The van der Waals surface area contributed by atoms with Gasteiger partial charge in [-0.25, -0.2) is 0 Å². The molecule has 0 saturated heterocycles. The van der Waals surface area contributed by atoms with E-state index in [1.807, 2.05) is 19.6 Å². The number of carboxylic acid groups (broad SMARTS) is 1. The minimum absolute atomic E-state index is 0.229. The molecule has 90 valence electrons. The SMILES string of the molecule is C[Si](C)(C)COCC(C(=O)O)C(F)(F)F. The van der Waals surface area contributed by atoms with Gasteiger partial charge in [0.15, 0.2) is 5.92 Å². The summed E-state index contributed by atoms with van der Waals surface area (Å²) in [4.78, 5) is 10.3. The van der Waals surface area contributed by atoms with Gasteiger partial charge in [-0.05, 0) is 0 Å². The first-order valence-corrected chi connectivity index (χ1v) is 8.12. The zero-order valence-corrected chi connectivity index (χ0v) is 9.89. The molecule has 7 heteroatoms. The number of hydrogen-bond donors (Lipinski definition) is 1. The maximum Gasteiger partial charge on any atom is 0.404 e. The first kappa shape index (κ1) is 14.4. The summed E-state index contributed by atoms with van der Waals surface area (Å²) in [5, 5.41) is 8.35. The maximum atomic E-state index is 12.1. The van der Waals surface area contributed by atoms with E-state index in [1.54, 1.807) is 0 Å². The molecule has 3 nitrogen and oxygen atoms in total. The molecule has 0 aliphatic rings. The van der Waals surface area contributed by atoms with E-state index in [9.17, 15) is 18.0 Å². The molecule has 0 aliphatic carbocycles. The van der Waals surface area contributed by atoms with Crippen LogP contribution in [0.2, 0.25) is 19.6 Å². The fourth-order valence-electron chi connectivity index (χ4n) is 0.789. The van der Waals surface area contributed by atoms with Crippen LogP contribution < -0.4 is 0 Å². The molecule has 0 bridgehead atoms. The number of hydrogen-bond acceptors (Lipinski definition) is 2. The zero-order valence-electron chi connectivity index (χ0n) is 8.89. The molecule has 0 aromatic carbocycles. The van der Waals surface area contributed by atoms with Crippen LogP contribution in [-0.4, -0.2) is 38.2 Å². The molecule has 0 radical (unpaired) electrons. The van der Waals surface area contributed by atoms with E-state index >= 15 is 0 Å². The summed E-state index contributed by atoms with van der Waals surface area (Å²) in [6.07, 6.45) is -4.52. The largest absolute Gasteiger partial charge is 0.481 e. The summed E-state index contributed by atoms with van der Waals surface area (Å²) >= 11 is 0. The number of carboxylic acids is 1. The number of ether oxygens (including phenoxy) is 1. The van der Waals surface area contributed by atoms with Crippen LogP contribution in [0, 0.1) is 5.92 Å². The molecule has 1 N–H and O–H groups in total. The second-order valence-corrected chi connectivity index (χ2v) is 9.92. The monoisotopic (exact) mass is 244 g/mol. The molecular formula is C8H15F3O3Si. The lowest BCUT2D eigenvalue weighted by molar-refractivity contribution is -0.201. The molecular weight excluding hydrogens is 229 g/mol. The van der Waals surface area contributed by atoms with Crippen LogP contribution in [0.3, 0.4) is 0 Å². The van der Waals surface area contributed by atoms with E-state index in [1.165, 1.54) is 0 Å². The van der Waals surface area contributed by atoms with E-state index in [-0.39, 0.29) is 6.23 Å². The quantitative estimate of drug-likeness (QED) is 0.754. The molecule has 0 rings (SSSR count). The first-order valence-electron chi connectivity index (χ1n) is 4.41. The van der Waals surface area contributed by atoms with Gasteiger partial charge in [0.25, 0.3) is 0 Å². The third kappa shape index (κ3) is 6.51. The molecule has 0 aliphatic heterocycles. The highest BCUT2D eigenvalue weighted by Crippen LogP contribution is 2.26. The fraction of sp³-hybridized carbons (Fsp3) is 0.875. The van der Waals surface area contributed by atoms with Gasteiger partial charge in [0.2, 0.25) is 0 Å². The molecule has 0 fully saturated rings. The van der Waals surface area contributed by atoms with Crippen molar-refractivity contribution in [3.63, 3.8) is 0 Å². The standard InChI is InChI=1S/C8H15F3O3Si/c1-15(2,3)5-14-4-6(7(12)13)8(9,10)11/h6H,4-5H2,1-3H3,(H,12,13). The third-order valence-corrected chi connectivity index (χ3v) is 2.58. The summed E-state index contributed by atoms with van der Waals surface area (Å²) in [5.74, 6) is -4.31. The Kier molecular flexibility index (Phi) is 4.79. The van der Waals surface area contributed by atoms with Crippen molar-refractivity contribution in [3.8, 4) is 0 Å². The molecule has 0 saturated carbocycles. The predicted molar refractivity (Wildman–Crippen MR) is 51.3 cm³/mol. The Morgan fingerprint density at radius 3 is 2.13 bits per heavy atom. The number of alkyl halides is 3. The van der Waals surface area contributed by atoms with E-state index in [4.69, 9.17) is 9.84 Å². The first-order chi connectivity index (χ1) is 6.54. The van der Waals surface area contributed by atoms with Crippen molar-refractivity contribution >= 4 is 14.0 Å². The van der Waals surface area contributed by atoms with Crippen molar-refractivity contribution in [1.82, 2.24) is 0 Å². The van der Waals surface area contributed by atoms with Crippen molar-refractivity contribution < 1.29 is 27.8 Å². The average Bonchev–Trinajstić information content (AvgIpc) is 1.92. The topological polar surface area (TPSA) is 46.5 Å². The zero-order chi connectivity index (χ0) is 12.3. The summed E-state index contributed by atoms with van der Waals surface area (Å²) in [5.41, 5.74) is 0. The van der Waals surface area contributed by atoms with E-state index in [2.05, 4.69) is 0 Å². The van der Waals surface area contributed by atoms with Crippen LogP contribution in [-0.2, 0) is 9.53 Å². The Morgan fingerprint density at radius 2 is 1.87 bits per heavy atom. The second-order valence-electron chi connectivity index (χ2n) is 4.51. The van der Waals surface area contributed by atoms with Gasteiger partial charge in [0, 0.05) is 6.23 Å². The van der Waals surface area contributed by atoms with Crippen LogP contribution in [0.1, 0.15) is 0 Å². The Hall–Kier alpha value is -0.563. The van der Waals surface area contributed by atoms with E-state index in [0.717, 1.165) is 0 Å². The second kappa shape index (κ2) is 4.98. The highest BCUT2D eigenvalue weighted by Gasteiger charge is 2.45. The van der Waals surface area contributed by atoms with Crippen LogP contribution in [0.5, 0.6) is 0 Å². The molecule has 0 aromatic heterocycles. The summed E-state index contributed by atoms with van der Waals surface area (Å²) < 4.78 is 41.2. The van der Waals surface area contributed by atoms with Crippen LogP contribution in [0.25, 0.3) is 0 Å². The predicted octanol–water partition coefficient (Wildman–Crippen LogP) is 2.14. The minimum Gasteiger partial charge on any atom is -0.481 e. The fourth-order valence-corrected chi connectivity index (χ4v) is 1.52. The van der Waals surface area contributed by atoms with Gasteiger partial charge in [0.05, 0.1) is 14.7 Å². The van der Waals surface area contributed by atoms with Crippen molar-refractivity contribution in [2.75, 3.05) is 12.8 Å². The Bertz CT molecular complexity index is 222. The molecule has 15 heavy (non-hydrogen) atoms. The van der Waals surface area contributed by atoms with Crippen molar-refractivity contribution in [3.05, 3.63) is 0 Å². The highest BCUT2D eigenvalue weighted by atomic mass is 28.3. The van der Waals surface area contributed by atoms with Gasteiger partial charge in [-0.15, -0.1) is 0 Å². The lowest BCUT2D eigenvalue weighted by atomic mass is 10.1. The van der Waals surface area contributed by atoms with Gasteiger partial charge in [-0.3, -0.25) is 4.79 Å². The number of halogens is 3. The van der Waals surface area contributed by atoms with Gasteiger partial charge >= 0.3 is 12.1 Å².